The summed E-state index contributed by atoms with van der Waals surface area (Å²) in [4.78, 5) is 0. The highest BCUT2D eigenvalue weighted by molar-refractivity contribution is 6.28. The van der Waals surface area contributed by atoms with E-state index in [2.05, 4.69) is 183 Å². The fraction of sp³-hybridized carbons (Fsp3) is 0.0417. The van der Waals surface area contributed by atoms with Crippen LogP contribution in [0, 0.1) is 0 Å². The van der Waals surface area contributed by atoms with E-state index in [0.717, 1.165) is 0 Å². The molecule has 0 fully saturated rings. The van der Waals surface area contributed by atoms with Crippen LogP contribution in [0.3, 0.4) is 0 Å². The van der Waals surface area contributed by atoms with Gasteiger partial charge < -0.3 is 0 Å². The number of fused-ring (bicyclic) bond motifs is 9. The Morgan fingerprint density at radius 1 is 0.354 bits per heavy atom. The molecule has 1 aliphatic carbocycles. The lowest BCUT2D eigenvalue weighted by Crippen LogP contribution is -2.22. The van der Waals surface area contributed by atoms with Crippen LogP contribution in [0.5, 0.6) is 0 Å². The zero-order chi connectivity index (χ0) is 31.8. The zero-order valence-corrected chi connectivity index (χ0v) is 26.7. The minimum absolute atomic E-state index is 0.302. The number of rotatable bonds is 3. The molecule has 9 aromatic carbocycles. The van der Waals surface area contributed by atoms with Gasteiger partial charge >= 0.3 is 0 Å². The van der Waals surface area contributed by atoms with Crippen LogP contribution in [0.1, 0.15) is 23.6 Å². The Morgan fingerprint density at radius 2 is 0.938 bits per heavy atom. The Balaban J connectivity index is 1.36. The first-order chi connectivity index (χ1) is 23.7. The molecule has 1 atom stereocenters. The Kier molecular flexibility index (Phi) is 5.81. The molecule has 0 amide bonds. The molecule has 0 saturated carbocycles. The van der Waals surface area contributed by atoms with Crippen LogP contribution in [0.4, 0.5) is 0 Å². The summed E-state index contributed by atoms with van der Waals surface area (Å²) >= 11 is 0. The molecule has 0 nitrogen and oxygen atoms in total. The second kappa shape index (κ2) is 10.3. The molecule has 0 radical (unpaired) electrons. The minimum atomic E-state index is -0.302. The fourth-order valence-electron chi connectivity index (χ4n) is 8.70. The molecule has 0 spiro atoms. The molecule has 0 heterocycles. The van der Waals surface area contributed by atoms with E-state index < -0.39 is 0 Å². The van der Waals surface area contributed by atoms with Crippen LogP contribution in [0.25, 0.3) is 76.5 Å². The first-order valence-electron chi connectivity index (χ1n) is 16.9. The van der Waals surface area contributed by atoms with Gasteiger partial charge in [-0.2, -0.15) is 0 Å². The van der Waals surface area contributed by atoms with Crippen molar-refractivity contribution in [1.29, 1.82) is 0 Å². The Labute approximate surface area is 280 Å². The van der Waals surface area contributed by atoms with Gasteiger partial charge in [-0.25, -0.2) is 0 Å². The minimum Gasteiger partial charge on any atom is -0.0622 e. The molecule has 1 unspecified atom stereocenters. The third-order valence-corrected chi connectivity index (χ3v) is 10.9. The summed E-state index contributed by atoms with van der Waals surface area (Å²) in [5.74, 6) is 0. The number of hydrogen-bond acceptors (Lipinski definition) is 0. The summed E-state index contributed by atoms with van der Waals surface area (Å²) in [6, 6.07) is 65.3. The van der Waals surface area contributed by atoms with Gasteiger partial charge in [0.2, 0.25) is 0 Å². The van der Waals surface area contributed by atoms with E-state index in [1.54, 1.807) is 0 Å². The summed E-state index contributed by atoms with van der Waals surface area (Å²) in [5, 5.41) is 10.3. The maximum absolute atomic E-state index is 2.52. The zero-order valence-electron chi connectivity index (χ0n) is 26.7. The lowest BCUT2D eigenvalue weighted by Gasteiger charge is -2.29. The van der Waals surface area contributed by atoms with Crippen LogP contribution >= 0.6 is 0 Å². The molecule has 10 rings (SSSR count). The van der Waals surface area contributed by atoms with Crippen molar-refractivity contribution in [3.05, 3.63) is 193 Å². The topological polar surface area (TPSA) is 0 Å². The second-order valence-electron chi connectivity index (χ2n) is 13.3. The lowest BCUT2D eigenvalue weighted by atomic mass is 9.73. The highest BCUT2D eigenvalue weighted by atomic mass is 14.4. The molecule has 1 aliphatic rings. The van der Waals surface area contributed by atoms with E-state index >= 15 is 0 Å². The van der Waals surface area contributed by atoms with Gasteiger partial charge in [0.1, 0.15) is 0 Å². The van der Waals surface area contributed by atoms with Crippen LogP contribution < -0.4 is 0 Å². The van der Waals surface area contributed by atoms with Crippen LogP contribution in [-0.2, 0) is 5.41 Å². The van der Waals surface area contributed by atoms with Crippen molar-refractivity contribution in [2.75, 3.05) is 0 Å². The standard InChI is InChI=1S/C48H32/c1-48(35-18-6-3-7-19-35)42-29-26-32-15-8-10-20-36(32)46(42)40-27-25-34(30-43(40)48)45-39-23-13-12-22-38(39)44(33-16-4-2-5-17-33)41-28-24-31-14-9-11-21-37(31)47(41)45/h2-30H,1H3. The molecule has 48 heavy (non-hydrogen) atoms. The maximum Gasteiger partial charge on any atom is 0.0435 e. The van der Waals surface area contributed by atoms with Crippen molar-refractivity contribution >= 4 is 43.1 Å². The first-order valence-corrected chi connectivity index (χ1v) is 16.9. The van der Waals surface area contributed by atoms with Crippen LogP contribution in [-0.4, -0.2) is 0 Å². The van der Waals surface area contributed by atoms with Crippen LogP contribution in [0.2, 0.25) is 0 Å². The largest absolute Gasteiger partial charge is 0.0622 e. The molecule has 224 valence electrons. The summed E-state index contributed by atoms with van der Waals surface area (Å²) in [6.45, 7) is 2.43. The van der Waals surface area contributed by atoms with Gasteiger partial charge in [-0.05, 0) is 106 Å². The average Bonchev–Trinajstić information content (AvgIpc) is 3.42. The summed E-state index contributed by atoms with van der Waals surface area (Å²) in [6.07, 6.45) is 0. The van der Waals surface area contributed by atoms with E-state index in [0.29, 0.717) is 0 Å². The van der Waals surface area contributed by atoms with Gasteiger partial charge in [-0.15, -0.1) is 0 Å². The molecule has 0 aromatic heterocycles. The van der Waals surface area contributed by atoms with E-state index in [1.807, 2.05) is 0 Å². The van der Waals surface area contributed by atoms with Gasteiger partial charge in [0, 0.05) is 5.41 Å². The van der Waals surface area contributed by atoms with Crippen molar-refractivity contribution < 1.29 is 0 Å². The van der Waals surface area contributed by atoms with Crippen molar-refractivity contribution in [3.8, 4) is 33.4 Å². The van der Waals surface area contributed by atoms with Crippen LogP contribution in [0.15, 0.2) is 176 Å². The maximum atomic E-state index is 2.52. The van der Waals surface area contributed by atoms with Gasteiger partial charge in [-0.3, -0.25) is 0 Å². The third-order valence-electron chi connectivity index (χ3n) is 10.9. The number of hydrogen-bond donors (Lipinski definition) is 0. The fourth-order valence-corrected chi connectivity index (χ4v) is 8.70. The van der Waals surface area contributed by atoms with E-state index in [1.165, 1.54) is 93.2 Å². The monoisotopic (exact) mass is 608 g/mol. The van der Waals surface area contributed by atoms with Gasteiger partial charge in [0.25, 0.3) is 0 Å². The van der Waals surface area contributed by atoms with Crippen molar-refractivity contribution in [3.63, 3.8) is 0 Å². The molecular formula is C48H32. The summed E-state index contributed by atoms with van der Waals surface area (Å²) < 4.78 is 0. The quantitative estimate of drug-likeness (QED) is 0.138. The van der Waals surface area contributed by atoms with E-state index in [-0.39, 0.29) is 5.41 Å². The molecular weight excluding hydrogens is 577 g/mol. The SMILES string of the molecule is CC1(c2ccccc2)c2cc(-c3c4ccccc4c(-c4ccccc4)c4ccc5ccccc5c34)ccc2-c2c1ccc1ccccc21. The predicted octanol–water partition coefficient (Wildman–Crippen LogP) is 13.0. The van der Waals surface area contributed by atoms with E-state index in [9.17, 15) is 0 Å². The lowest BCUT2D eigenvalue weighted by molar-refractivity contribution is 0.715. The Bertz CT molecular complexity index is 2720. The number of benzene rings is 9. The second-order valence-corrected chi connectivity index (χ2v) is 13.3. The normalized spacial score (nSPS) is 15.3. The molecule has 0 bridgehead atoms. The predicted molar refractivity (Wildman–Crippen MR) is 205 cm³/mol. The average molecular weight is 609 g/mol. The molecule has 0 aliphatic heterocycles. The Hall–Kier alpha value is -5.98. The third kappa shape index (κ3) is 3.72. The first kappa shape index (κ1) is 27.2. The molecule has 0 saturated heterocycles. The van der Waals surface area contributed by atoms with Crippen molar-refractivity contribution in [2.24, 2.45) is 0 Å². The highest BCUT2D eigenvalue weighted by Gasteiger charge is 2.41. The van der Waals surface area contributed by atoms with Crippen molar-refractivity contribution in [1.82, 2.24) is 0 Å². The Morgan fingerprint density at radius 3 is 1.69 bits per heavy atom. The molecule has 9 aromatic rings. The van der Waals surface area contributed by atoms with Gasteiger partial charge in [0.05, 0.1) is 0 Å². The summed E-state index contributed by atoms with van der Waals surface area (Å²) in [5.41, 5.74) is 11.5. The summed E-state index contributed by atoms with van der Waals surface area (Å²) in [7, 11) is 0. The van der Waals surface area contributed by atoms with Crippen molar-refractivity contribution in [2.45, 2.75) is 12.3 Å². The molecule has 0 heteroatoms. The van der Waals surface area contributed by atoms with E-state index in [4.69, 9.17) is 0 Å². The van der Waals surface area contributed by atoms with Gasteiger partial charge in [-0.1, -0.05) is 170 Å². The smallest absolute Gasteiger partial charge is 0.0435 e. The highest BCUT2D eigenvalue weighted by Crippen LogP contribution is 2.56. The van der Waals surface area contributed by atoms with Gasteiger partial charge in [0.15, 0.2) is 0 Å². The molecule has 0 N–H and O–H groups in total.